The smallest absolute Gasteiger partial charge is 0.267 e. The van der Waals surface area contributed by atoms with Crippen LogP contribution in [0.25, 0.3) is 0 Å². The van der Waals surface area contributed by atoms with E-state index in [0.29, 0.717) is 32.6 Å². The Hall–Kier alpha value is -3.52. The van der Waals surface area contributed by atoms with Gasteiger partial charge in [-0.3, -0.25) is 19.7 Å². The van der Waals surface area contributed by atoms with Crippen molar-refractivity contribution in [3.8, 4) is 0 Å². The molecule has 1 aromatic heterocycles. The van der Waals surface area contributed by atoms with E-state index in [1.165, 1.54) is 6.92 Å². The van der Waals surface area contributed by atoms with Gasteiger partial charge < -0.3 is 10.6 Å². The molecule has 0 fully saturated rings. The Kier molecular flexibility index (Phi) is 5.81. The van der Waals surface area contributed by atoms with E-state index in [4.69, 9.17) is 0 Å². The molecule has 3 N–H and O–H groups in total. The molecule has 3 aromatic rings. The normalized spacial score (nSPS) is 10.2. The van der Waals surface area contributed by atoms with Crippen molar-refractivity contribution >= 4 is 45.6 Å². The number of benzene rings is 2. The third kappa shape index (κ3) is 4.80. The highest BCUT2D eigenvalue weighted by Crippen LogP contribution is 2.24. The summed E-state index contributed by atoms with van der Waals surface area (Å²) in [6.45, 7) is 3.13. The van der Waals surface area contributed by atoms with Crippen molar-refractivity contribution in [3.05, 3.63) is 70.7 Å². The lowest BCUT2D eigenvalue weighted by molar-refractivity contribution is -0.114. The number of para-hydroxylation sites is 1. The van der Waals surface area contributed by atoms with E-state index in [1.807, 2.05) is 18.2 Å². The monoisotopic (exact) mass is 394 g/mol. The van der Waals surface area contributed by atoms with Crippen molar-refractivity contribution < 1.29 is 14.4 Å². The summed E-state index contributed by atoms with van der Waals surface area (Å²) in [7, 11) is 0. The highest BCUT2D eigenvalue weighted by Gasteiger charge is 2.17. The van der Waals surface area contributed by atoms with Gasteiger partial charge in [-0.15, -0.1) is 0 Å². The molecule has 1 heterocycles. The van der Waals surface area contributed by atoms with Crippen molar-refractivity contribution in [3.63, 3.8) is 0 Å². The van der Waals surface area contributed by atoms with Crippen molar-refractivity contribution in [1.82, 2.24) is 4.98 Å². The summed E-state index contributed by atoms with van der Waals surface area (Å²) in [4.78, 5) is 40.6. The third-order valence-electron chi connectivity index (χ3n) is 3.72. The molecule has 3 rings (SSSR count). The predicted octanol–water partition coefficient (Wildman–Crippen LogP) is 3.91. The second kappa shape index (κ2) is 8.45. The first kappa shape index (κ1) is 19.2. The van der Waals surface area contributed by atoms with Crippen molar-refractivity contribution in [2.75, 3.05) is 16.0 Å². The van der Waals surface area contributed by atoms with Gasteiger partial charge in [0.2, 0.25) is 5.91 Å². The van der Waals surface area contributed by atoms with Crippen LogP contribution in [0.3, 0.4) is 0 Å². The van der Waals surface area contributed by atoms with Crippen LogP contribution in [0.2, 0.25) is 0 Å². The lowest BCUT2D eigenvalue weighted by Crippen LogP contribution is -2.12. The summed E-state index contributed by atoms with van der Waals surface area (Å²) in [5.41, 5.74) is 2.24. The van der Waals surface area contributed by atoms with Crippen LogP contribution in [-0.2, 0) is 4.79 Å². The minimum atomic E-state index is -0.349. The van der Waals surface area contributed by atoms with Crippen LogP contribution in [0, 0.1) is 6.92 Å². The van der Waals surface area contributed by atoms with E-state index < -0.39 is 0 Å². The summed E-state index contributed by atoms with van der Waals surface area (Å²) >= 11 is 1.11. The molecule has 0 atom stereocenters. The largest absolute Gasteiger partial charge is 0.326 e. The Labute approximate surface area is 165 Å². The van der Waals surface area contributed by atoms with Gasteiger partial charge in [-0.05, 0) is 43.3 Å². The first-order valence-electron chi connectivity index (χ1n) is 8.45. The maximum atomic E-state index is 12.4. The Morgan fingerprint density at radius 2 is 1.46 bits per heavy atom. The van der Waals surface area contributed by atoms with Crippen LogP contribution in [-0.4, -0.2) is 22.7 Å². The maximum Gasteiger partial charge on any atom is 0.267 e. The molecule has 0 bridgehead atoms. The highest BCUT2D eigenvalue weighted by molar-refractivity contribution is 7.17. The van der Waals surface area contributed by atoms with Gasteiger partial charge >= 0.3 is 0 Å². The van der Waals surface area contributed by atoms with E-state index in [0.717, 1.165) is 11.3 Å². The molecule has 7 nitrogen and oxygen atoms in total. The van der Waals surface area contributed by atoms with E-state index in [-0.39, 0.29) is 17.7 Å². The van der Waals surface area contributed by atoms with Gasteiger partial charge in [0.1, 0.15) is 4.88 Å². The minimum Gasteiger partial charge on any atom is -0.326 e. The molecule has 8 heteroatoms. The number of carbonyl (C=O) groups is 3. The fourth-order valence-electron chi connectivity index (χ4n) is 2.45. The quantitative estimate of drug-likeness (QED) is 0.611. The zero-order valence-electron chi connectivity index (χ0n) is 15.3. The van der Waals surface area contributed by atoms with Crippen LogP contribution < -0.4 is 16.0 Å². The SMILES string of the molecule is CC(=O)Nc1ccc(C(=O)Nc2nc(C)c(C(=O)Nc3ccccc3)s2)cc1. The highest BCUT2D eigenvalue weighted by atomic mass is 32.1. The van der Waals surface area contributed by atoms with Gasteiger partial charge in [-0.2, -0.15) is 0 Å². The van der Waals surface area contributed by atoms with E-state index >= 15 is 0 Å². The fourth-order valence-corrected chi connectivity index (χ4v) is 3.30. The van der Waals surface area contributed by atoms with Gasteiger partial charge in [0, 0.05) is 23.9 Å². The number of thiazole rings is 1. The molecule has 0 radical (unpaired) electrons. The minimum absolute atomic E-state index is 0.184. The van der Waals surface area contributed by atoms with Crippen LogP contribution in [0.1, 0.15) is 32.6 Å². The molecule has 0 unspecified atom stereocenters. The van der Waals surface area contributed by atoms with Crippen LogP contribution in [0.5, 0.6) is 0 Å². The topological polar surface area (TPSA) is 100 Å². The molecule has 0 saturated heterocycles. The number of aromatic nitrogens is 1. The average molecular weight is 394 g/mol. The number of nitrogens with zero attached hydrogens (tertiary/aromatic N) is 1. The molecule has 2 aromatic carbocycles. The molecule has 142 valence electrons. The number of rotatable bonds is 5. The van der Waals surface area contributed by atoms with Gasteiger partial charge in [-0.1, -0.05) is 29.5 Å². The zero-order chi connectivity index (χ0) is 20.1. The summed E-state index contributed by atoms with van der Waals surface area (Å²) in [5.74, 6) is -0.809. The molecule has 0 aliphatic rings. The number of amides is 3. The molecule has 3 amide bonds. The summed E-state index contributed by atoms with van der Waals surface area (Å²) < 4.78 is 0. The molecule has 0 aliphatic heterocycles. The molecule has 0 aliphatic carbocycles. The number of carbonyl (C=O) groups excluding carboxylic acids is 3. The Bertz CT molecular complexity index is 1010. The van der Waals surface area contributed by atoms with Crippen LogP contribution in [0.15, 0.2) is 54.6 Å². The number of hydrogen-bond donors (Lipinski definition) is 3. The lowest BCUT2D eigenvalue weighted by Gasteiger charge is -2.04. The molecular weight excluding hydrogens is 376 g/mol. The van der Waals surface area contributed by atoms with Crippen LogP contribution in [0.4, 0.5) is 16.5 Å². The number of anilines is 3. The van der Waals surface area contributed by atoms with Gasteiger partial charge in [-0.25, -0.2) is 4.98 Å². The summed E-state index contributed by atoms with van der Waals surface area (Å²) in [6.07, 6.45) is 0. The Morgan fingerprint density at radius 1 is 0.821 bits per heavy atom. The first-order chi connectivity index (χ1) is 13.4. The predicted molar refractivity (Wildman–Crippen MR) is 110 cm³/mol. The average Bonchev–Trinajstić information content (AvgIpc) is 3.03. The van der Waals surface area contributed by atoms with Crippen molar-refractivity contribution in [1.29, 1.82) is 0 Å². The third-order valence-corrected chi connectivity index (χ3v) is 4.79. The zero-order valence-corrected chi connectivity index (χ0v) is 16.1. The fraction of sp³-hybridized carbons (Fsp3) is 0.100. The maximum absolute atomic E-state index is 12.4. The van der Waals surface area contributed by atoms with Gasteiger partial charge in [0.05, 0.1) is 5.69 Å². The summed E-state index contributed by atoms with van der Waals surface area (Å²) in [5, 5.41) is 8.48. The molecule has 0 spiro atoms. The van der Waals surface area contributed by atoms with E-state index in [1.54, 1.807) is 43.3 Å². The Morgan fingerprint density at radius 3 is 2.11 bits per heavy atom. The first-order valence-corrected chi connectivity index (χ1v) is 9.27. The molecule has 28 heavy (non-hydrogen) atoms. The van der Waals surface area contributed by atoms with Gasteiger partial charge in [0.25, 0.3) is 11.8 Å². The number of nitrogens with one attached hydrogen (secondary N) is 3. The lowest BCUT2D eigenvalue weighted by atomic mass is 10.2. The van der Waals surface area contributed by atoms with Gasteiger partial charge in [0.15, 0.2) is 5.13 Å². The molecular formula is C20H18N4O3S. The second-order valence-corrected chi connectivity index (χ2v) is 6.97. The molecule has 0 saturated carbocycles. The van der Waals surface area contributed by atoms with E-state index in [9.17, 15) is 14.4 Å². The summed E-state index contributed by atoms with van der Waals surface area (Å²) in [6, 6.07) is 15.6. The standard InChI is InChI=1S/C20H18N4O3S/c1-12-17(19(27)23-15-6-4-3-5-7-15)28-20(21-12)24-18(26)14-8-10-16(11-9-14)22-13(2)25/h3-11H,1-2H3,(H,22,25)(H,23,27)(H,21,24,26). The number of hydrogen-bond acceptors (Lipinski definition) is 5. The van der Waals surface area contributed by atoms with Crippen LogP contribution >= 0.6 is 11.3 Å². The van der Waals surface area contributed by atoms with E-state index in [2.05, 4.69) is 20.9 Å². The van der Waals surface area contributed by atoms with Crippen molar-refractivity contribution in [2.24, 2.45) is 0 Å². The number of aryl methyl sites for hydroxylation is 1. The Balaban J connectivity index is 1.68. The van der Waals surface area contributed by atoms with Crippen molar-refractivity contribution in [2.45, 2.75) is 13.8 Å². The second-order valence-electron chi connectivity index (χ2n) is 5.97.